The first-order valence-electron chi connectivity index (χ1n) is 2.98. The lowest BCUT2D eigenvalue weighted by Gasteiger charge is -1.88. The maximum atomic E-state index is 8.25. The number of rotatable bonds is 0. The molecule has 0 aliphatic heterocycles. The maximum Gasteiger partial charge on any atom is 0.387 e. The Kier molecular flexibility index (Phi) is 6.91. The highest BCUT2D eigenvalue weighted by molar-refractivity contribution is 5.89. The van der Waals surface area contributed by atoms with Crippen LogP contribution in [0.5, 0.6) is 0 Å². The molecule has 0 radical (unpaired) electrons. The fourth-order valence-electron chi connectivity index (χ4n) is 0.232. The van der Waals surface area contributed by atoms with Crippen LogP contribution < -0.4 is 17.2 Å². The van der Waals surface area contributed by atoms with E-state index < -0.39 is 5.09 Å². The molecule has 0 rings (SSSR count). The molecule has 0 aliphatic carbocycles. The lowest BCUT2D eigenvalue weighted by molar-refractivity contribution is -0.466. The van der Waals surface area contributed by atoms with Gasteiger partial charge in [-0.3, -0.25) is 10.3 Å². The molecule has 0 spiro atoms. The van der Waals surface area contributed by atoms with Gasteiger partial charge in [-0.15, -0.1) is 0 Å². The summed E-state index contributed by atoms with van der Waals surface area (Å²) in [7, 11) is 3.50. The second-order valence-electron chi connectivity index (χ2n) is 2.01. The summed E-state index contributed by atoms with van der Waals surface area (Å²) in [5.74, 6) is 0.274. The zero-order chi connectivity index (χ0) is 11.0. The van der Waals surface area contributed by atoms with Gasteiger partial charge in [0.2, 0.25) is 0 Å². The zero-order valence-corrected chi connectivity index (χ0v) is 7.30. The van der Waals surface area contributed by atoms with Gasteiger partial charge in [0.1, 0.15) is 0 Å². The van der Waals surface area contributed by atoms with Gasteiger partial charge < -0.3 is 26.8 Å². The van der Waals surface area contributed by atoms with Crippen LogP contribution in [0.3, 0.4) is 0 Å². The van der Waals surface area contributed by atoms with Gasteiger partial charge in [0.05, 0.1) is 19.2 Å². The van der Waals surface area contributed by atoms with Crippen LogP contribution in [0.15, 0.2) is 4.99 Å². The average molecular weight is 192 g/mol. The molecule has 6 N–H and O–H groups in total. The summed E-state index contributed by atoms with van der Waals surface area (Å²) in [5, 5.41) is 14.8. The van der Waals surface area contributed by atoms with Crippen molar-refractivity contribution in [1.29, 1.82) is 0 Å². The number of hydrogen-bond acceptors (Lipinski definition) is 3. The quantitative estimate of drug-likeness (QED) is 0.127. The third-order valence-electron chi connectivity index (χ3n) is 0.702. The van der Waals surface area contributed by atoms with E-state index in [0.717, 1.165) is 0 Å². The van der Waals surface area contributed by atoms with Crippen LogP contribution in [-0.4, -0.2) is 35.7 Å². The molecule has 0 atom stereocenters. The Labute approximate surface area is 74.3 Å². The van der Waals surface area contributed by atoms with Gasteiger partial charge >= 0.3 is 5.96 Å². The first-order chi connectivity index (χ1) is 5.77. The van der Waals surface area contributed by atoms with E-state index in [1.165, 1.54) is 0 Å². The fraction of sp³-hybridized carbons (Fsp3) is 0.500. The van der Waals surface area contributed by atoms with E-state index in [4.69, 9.17) is 32.5 Å². The highest BCUT2D eigenvalue weighted by Gasteiger charge is 1.97. The molecule has 0 aromatic carbocycles. The number of guanidine groups is 2. The van der Waals surface area contributed by atoms with Crippen molar-refractivity contribution in [2.45, 2.75) is 0 Å². The molecule has 0 heterocycles. The van der Waals surface area contributed by atoms with Crippen molar-refractivity contribution in [1.82, 2.24) is 0 Å². The molecule has 9 heteroatoms. The molecule has 0 saturated heterocycles. The van der Waals surface area contributed by atoms with Gasteiger partial charge in [0.15, 0.2) is 0 Å². The van der Waals surface area contributed by atoms with Crippen LogP contribution in [0.2, 0.25) is 0 Å². The summed E-state index contributed by atoms with van der Waals surface area (Å²) in [6, 6.07) is 0. The summed E-state index contributed by atoms with van der Waals surface area (Å²) in [6.07, 6.45) is 0. The van der Waals surface area contributed by atoms with Crippen molar-refractivity contribution in [2.75, 3.05) is 14.1 Å². The van der Waals surface area contributed by atoms with Crippen LogP contribution >= 0.6 is 0 Å². The predicted octanol–water partition coefficient (Wildman–Crippen LogP) is -2.39. The summed E-state index contributed by atoms with van der Waals surface area (Å²) in [6.45, 7) is 0. The van der Waals surface area contributed by atoms with Gasteiger partial charge in [-0.05, 0) is 4.99 Å². The van der Waals surface area contributed by atoms with Crippen molar-refractivity contribution >= 4 is 11.9 Å². The number of aliphatic imine (C=N–C) groups is 1. The minimum Gasteiger partial charge on any atom is -0.356 e. The van der Waals surface area contributed by atoms with Crippen molar-refractivity contribution in [3.8, 4) is 0 Å². The largest absolute Gasteiger partial charge is 0.387 e. The van der Waals surface area contributed by atoms with E-state index in [2.05, 4.69) is 4.99 Å². The molecule has 0 unspecified atom stereocenters. The van der Waals surface area contributed by atoms with E-state index in [9.17, 15) is 0 Å². The van der Waals surface area contributed by atoms with E-state index in [1.54, 1.807) is 18.7 Å². The lowest BCUT2D eigenvalue weighted by atomic mass is 10.9. The Bertz CT molecular complexity index is 222. The minimum atomic E-state index is -1.75. The maximum absolute atomic E-state index is 8.25. The number of hydrogen-bond donors (Lipinski definition) is 3. The fourth-order valence-corrected chi connectivity index (χ4v) is 0.232. The second-order valence-corrected chi connectivity index (χ2v) is 2.01. The molecule has 0 aromatic heterocycles. The summed E-state index contributed by atoms with van der Waals surface area (Å²) >= 11 is 0. The van der Waals surface area contributed by atoms with Crippen LogP contribution in [0.25, 0.3) is 0 Å². The van der Waals surface area contributed by atoms with Crippen molar-refractivity contribution in [3.05, 3.63) is 15.3 Å². The van der Waals surface area contributed by atoms with E-state index in [-0.39, 0.29) is 5.96 Å². The molecular formula is C4H12N6O3. The summed E-state index contributed by atoms with van der Waals surface area (Å²) < 4.78 is 1.61. The Morgan fingerprint density at radius 3 is 1.62 bits per heavy atom. The van der Waals surface area contributed by atoms with Crippen LogP contribution in [-0.2, 0) is 0 Å². The molecule has 0 aromatic rings. The molecule has 0 bridgehead atoms. The summed E-state index contributed by atoms with van der Waals surface area (Å²) in [4.78, 5) is 11.8. The first-order valence-corrected chi connectivity index (χ1v) is 2.98. The van der Waals surface area contributed by atoms with Gasteiger partial charge in [0, 0.05) is 0 Å². The molecule has 76 valence electrons. The molecule has 0 amide bonds. The molecule has 0 fully saturated rings. The smallest absolute Gasteiger partial charge is 0.356 e. The monoisotopic (exact) mass is 192 g/mol. The van der Waals surface area contributed by atoms with Crippen LogP contribution in [0.4, 0.5) is 0 Å². The SMILES string of the molecule is C[N+](C)=C(N)N=C(N)N.O=[N+]([O-])[O-]. The average Bonchev–Trinajstić information content (AvgIpc) is 1.83. The number of nitrogens with two attached hydrogens (primary N) is 3. The van der Waals surface area contributed by atoms with Gasteiger partial charge in [-0.25, -0.2) is 0 Å². The molecule has 9 nitrogen and oxygen atoms in total. The normalized spacial score (nSPS) is 7.54. The Morgan fingerprint density at radius 2 is 1.54 bits per heavy atom. The third kappa shape index (κ3) is 17.8. The van der Waals surface area contributed by atoms with Gasteiger partial charge in [-0.2, -0.15) is 0 Å². The minimum absolute atomic E-state index is 0.0267. The lowest BCUT2D eigenvalue weighted by Crippen LogP contribution is -2.29. The first kappa shape index (κ1) is 13.5. The highest BCUT2D eigenvalue weighted by Crippen LogP contribution is 1.64. The van der Waals surface area contributed by atoms with Gasteiger partial charge in [-0.1, -0.05) is 0 Å². The topological polar surface area (TPSA) is 160 Å². The second kappa shape index (κ2) is 6.64. The molecular weight excluding hydrogens is 180 g/mol. The van der Waals surface area contributed by atoms with E-state index >= 15 is 0 Å². The van der Waals surface area contributed by atoms with E-state index in [1.807, 2.05) is 0 Å². The van der Waals surface area contributed by atoms with Crippen LogP contribution in [0.1, 0.15) is 0 Å². The Morgan fingerprint density at radius 1 is 1.23 bits per heavy atom. The Hall–Kier alpha value is -2.06. The zero-order valence-electron chi connectivity index (χ0n) is 7.30. The van der Waals surface area contributed by atoms with Crippen molar-refractivity contribution in [2.24, 2.45) is 22.2 Å². The van der Waals surface area contributed by atoms with Crippen LogP contribution in [0, 0.1) is 15.3 Å². The standard InChI is InChI=1S/C4H11N5.NO3/c1-9(2)4(7)8-3(5)6;2-1(3)4/h1-2H3,(H5,5,6,7,8);/q;-1/p+1. The van der Waals surface area contributed by atoms with Crippen molar-refractivity contribution in [3.63, 3.8) is 0 Å². The highest BCUT2D eigenvalue weighted by atomic mass is 16.9. The molecule has 0 aliphatic rings. The summed E-state index contributed by atoms with van der Waals surface area (Å²) in [5.41, 5.74) is 15.4. The van der Waals surface area contributed by atoms with Crippen molar-refractivity contribution < 1.29 is 9.66 Å². The predicted molar refractivity (Wildman–Crippen MR) is 47.5 cm³/mol. The van der Waals surface area contributed by atoms with E-state index in [0.29, 0.717) is 5.96 Å². The Balaban J connectivity index is 0. The molecule has 13 heavy (non-hydrogen) atoms. The number of nitrogens with zero attached hydrogens (tertiary/aromatic N) is 3. The third-order valence-corrected chi connectivity index (χ3v) is 0.702. The van der Waals surface area contributed by atoms with Gasteiger partial charge in [0.25, 0.3) is 5.96 Å². The molecule has 0 saturated carbocycles.